The van der Waals surface area contributed by atoms with Gasteiger partial charge in [0.1, 0.15) is 13.2 Å². The lowest BCUT2D eigenvalue weighted by Gasteiger charge is -2.19. The first-order chi connectivity index (χ1) is 11.8. The Morgan fingerprint density at radius 2 is 1.71 bits per heavy atom. The van der Waals surface area contributed by atoms with Crippen LogP contribution in [-0.2, 0) is 0 Å². The normalized spacial score (nSPS) is 12.7. The van der Waals surface area contributed by atoms with Gasteiger partial charge in [-0.3, -0.25) is 4.79 Å². The summed E-state index contributed by atoms with van der Waals surface area (Å²) < 4.78 is 11.0. The minimum absolute atomic E-state index is 0.149. The van der Waals surface area contributed by atoms with Crippen LogP contribution in [0.5, 0.6) is 11.5 Å². The van der Waals surface area contributed by atoms with Crippen molar-refractivity contribution >= 4 is 22.9 Å². The summed E-state index contributed by atoms with van der Waals surface area (Å²) in [6, 6.07) is 15.1. The molecule has 1 aliphatic heterocycles. The van der Waals surface area contributed by atoms with Gasteiger partial charge in [0.15, 0.2) is 11.5 Å². The molecule has 0 fully saturated rings. The minimum atomic E-state index is -0.149. The number of fused-ring (bicyclic) bond motifs is 1. The average Bonchev–Trinajstić information content (AvgIpc) is 3.16. The molecule has 1 amide bonds. The van der Waals surface area contributed by atoms with Gasteiger partial charge in [0, 0.05) is 17.3 Å². The Balaban J connectivity index is 1.50. The highest BCUT2D eigenvalue weighted by molar-refractivity contribution is 7.08. The summed E-state index contributed by atoms with van der Waals surface area (Å²) >= 11 is 1.66. The Morgan fingerprint density at radius 1 is 0.917 bits per heavy atom. The zero-order valence-corrected chi connectivity index (χ0v) is 13.6. The molecule has 2 heterocycles. The molecular weight excluding hydrogens is 322 g/mol. The van der Waals surface area contributed by atoms with Crippen molar-refractivity contribution in [2.75, 3.05) is 18.5 Å². The number of rotatable bonds is 3. The number of hydrogen-bond donors (Lipinski definition) is 1. The highest BCUT2D eigenvalue weighted by Gasteiger charge is 2.13. The molecule has 0 spiro atoms. The summed E-state index contributed by atoms with van der Waals surface area (Å²) in [7, 11) is 0. The molecule has 1 N–H and O–H groups in total. The molecule has 4 rings (SSSR count). The first-order valence-corrected chi connectivity index (χ1v) is 8.57. The molecule has 0 saturated carbocycles. The molecule has 2 aromatic carbocycles. The number of carbonyl (C=O) groups excluding carboxylic acids is 1. The van der Waals surface area contributed by atoms with Gasteiger partial charge in [-0.05, 0) is 52.2 Å². The second-order valence-electron chi connectivity index (χ2n) is 5.40. The van der Waals surface area contributed by atoms with Crippen molar-refractivity contribution in [2.45, 2.75) is 0 Å². The fourth-order valence-electron chi connectivity index (χ4n) is 2.57. The van der Waals surface area contributed by atoms with Crippen LogP contribution in [-0.4, -0.2) is 19.1 Å². The summed E-state index contributed by atoms with van der Waals surface area (Å²) in [5, 5.41) is 7.02. The number of nitrogens with one attached hydrogen (secondary N) is 1. The van der Waals surface area contributed by atoms with E-state index in [-0.39, 0.29) is 5.91 Å². The SMILES string of the molecule is O=C(Nc1ccc2c(c1)OCCO2)c1ccc(-c2ccsc2)cc1. The molecule has 5 heteroatoms. The topological polar surface area (TPSA) is 47.6 Å². The molecule has 0 saturated heterocycles. The van der Waals surface area contributed by atoms with E-state index in [9.17, 15) is 4.79 Å². The Morgan fingerprint density at radius 3 is 2.46 bits per heavy atom. The van der Waals surface area contributed by atoms with E-state index in [1.54, 1.807) is 17.4 Å². The number of ether oxygens (including phenoxy) is 2. The summed E-state index contributed by atoms with van der Waals surface area (Å²) in [5.41, 5.74) is 3.57. The molecular formula is C19H15NO3S. The molecule has 120 valence electrons. The maximum absolute atomic E-state index is 12.4. The Labute approximate surface area is 143 Å². The van der Waals surface area contributed by atoms with E-state index in [1.807, 2.05) is 41.8 Å². The third-order valence-electron chi connectivity index (χ3n) is 3.80. The van der Waals surface area contributed by atoms with E-state index >= 15 is 0 Å². The highest BCUT2D eigenvalue weighted by Crippen LogP contribution is 2.32. The maximum atomic E-state index is 12.4. The van der Waals surface area contributed by atoms with Gasteiger partial charge in [-0.25, -0.2) is 0 Å². The number of thiophene rings is 1. The van der Waals surface area contributed by atoms with Crippen molar-refractivity contribution in [3.8, 4) is 22.6 Å². The number of carbonyl (C=O) groups is 1. The van der Waals surface area contributed by atoms with E-state index in [2.05, 4.69) is 16.8 Å². The quantitative estimate of drug-likeness (QED) is 0.769. The van der Waals surface area contributed by atoms with E-state index in [4.69, 9.17) is 9.47 Å². The molecule has 0 bridgehead atoms. The summed E-state index contributed by atoms with van der Waals surface area (Å²) in [6.07, 6.45) is 0. The molecule has 3 aromatic rings. The zero-order valence-electron chi connectivity index (χ0n) is 12.8. The second kappa shape index (κ2) is 6.37. The molecule has 4 nitrogen and oxygen atoms in total. The summed E-state index contributed by atoms with van der Waals surface area (Å²) in [4.78, 5) is 12.4. The maximum Gasteiger partial charge on any atom is 0.255 e. The van der Waals surface area contributed by atoms with Gasteiger partial charge in [-0.2, -0.15) is 11.3 Å². The Bertz CT molecular complexity index is 857. The van der Waals surface area contributed by atoms with Crippen molar-refractivity contribution in [1.29, 1.82) is 0 Å². The second-order valence-corrected chi connectivity index (χ2v) is 6.18. The van der Waals surface area contributed by atoms with E-state index in [0.717, 1.165) is 5.56 Å². The van der Waals surface area contributed by atoms with Crippen LogP contribution in [0.4, 0.5) is 5.69 Å². The van der Waals surface area contributed by atoms with Crippen LogP contribution in [0.1, 0.15) is 10.4 Å². The predicted octanol–water partition coefficient (Wildman–Crippen LogP) is 4.44. The molecule has 1 aromatic heterocycles. The average molecular weight is 337 g/mol. The first-order valence-electron chi connectivity index (χ1n) is 7.63. The van der Waals surface area contributed by atoms with E-state index in [0.29, 0.717) is 36.0 Å². The molecule has 1 aliphatic rings. The van der Waals surface area contributed by atoms with Crippen LogP contribution in [0.25, 0.3) is 11.1 Å². The van der Waals surface area contributed by atoms with Crippen LogP contribution in [0, 0.1) is 0 Å². The van der Waals surface area contributed by atoms with Gasteiger partial charge < -0.3 is 14.8 Å². The largest absolute Gasteiger partial charge is 0.486 e. The lowest BCUT2D eigenvalue weighted by molar-refractivity contribution is 0.102. The number of hydrogen-bond acceptors (Lipinski definition) is 4. The lowest BCUT2D eigenvalue weighted by atomic mass is 10.1. The standard InChI is InChI=1S/C19H15NO3S/c21-19(14-3-1-13(2-4-14)15-7-10-24-12-15)20-16-5-6-17-18(11-16)23-9-8-22-17/h1-7,10-12H,8-9H2,(H,20,21). The number of benzene rings is 2. The predicted molar refractivity (Wildman–Crippen MR) is 95.1 cm³/mol. The zero-order chi connectivity index (χ0) is 16.4. The third-order valence-corrected chi connectivity index (χ3v) is 4.48. The number of amides is 1. The lowest BCUT2D eigenvalue weighted by Crippen LogP contribution is -2.16. The van der Waals surface area contributed by atoms with Crippen LogP contribution < -0.4 is 14.8 Å². The van der Waals surface area contributed by atoms with Crippen LogP contribution in [0.15, 0.2) is 59.3 Å². The van der Waals surface area contributed by atoms with Gasteiger partial charge in [0.05, 0.1) is 0 Å². The van der Waals surface area contributed by atoms with Crippen molar-refractivity contribution in [2.24, 2.45) is 0 Å². The first kappa shape index (κ1) is 14.8. The fraction of sp³-hybridized carbons (Fsp3) is 0.105. The number of anilines is 1. The minimum Gasteiger partial charge on any atom is -0.486 e. The Hall–Kier alpha value is -2.79. The smallest absolute Gasteiger partial charge is 0.255 e. The van der Waals surface area contributed by atoms with E-state index < -0.39 is 0 Å². The van der Waals surface area contributed by atoms with Crippen LogP contribution >= 0.6 is 11.3 Å². The van der Waals surface area contributed by atoms with Crippen molar-refractivity contribution < 1.29 is 14.3 Å². The monoisotopic (exact) mass is 337 g/mol. The van der Waals surface area contributed by atoms with Gasteiger partial charge in [0.25, 0.3) is 5.91 Å². The molecule has 0 atom stereocenters. The summed E-state index contributed by atoms with van der Waals surface area (Å²) in [5.74, 6) is 1.22. The molecule has 24 heavy (non-hydrogen) atoms. The van der Waals surface area contributed by atoms with Gasteiger partial charge in [-0.1, -0.05) is 12.1 Å². The molecule has 0 radical (unpaired) electrons. The van der Waals surface area contributed by atoms with Crippen LogP contribution in [0.3, 0.4) is 0 Å². The summed E-state index contributed by atoms with van der Waals surface area (Å²) in [6.45, 7) is 1.07. The van der Waals surface area contributed by atoms with Gasteiger partial charge in [0.2, 0.25) is 0 Å². The highest BCUT2D eigenvalue weighted by atomic mass is 32.1. The van der Waals surface area contributed by atoms with Crippen molar-refractivity contribution in [1.82, 2.24) is 0 Å². The molecule has 0 unspecified atom stereocenters. The van der Waals surface area contributed by atoms with Crippen molar-refractivity contribution in [3.05, 3.63) is 64.9 Å². The molecule has 0 aliphatic carbocycles. The van der Waals surface area contributed by atoms with Crippen LogP contribution in [0.2, 0.25) is 0 Å². The van der Waals surface area contributed by atoms with E-state index in [1.165, 1.54) is 5.56 Å². The van der Waals surface area contributed by atoms with Crippen molar-refractivity contribution in [3.63, 3.8) is 0 Å². The fourth-order valence-corrected chi connectivity index (χ4v) is 3.23. The van der Waals surface area contributed by atoms with Gasteiger partial charge >= 0.3 is 0 Å². The van der Waals surface area contributed by atoms with Gasteiger partial charge in [-0.15, -0.1) is 0 Å². The third kappa shape index (κ3) is 2.98. The Kier molecular flexibility index (Phi) is 3.92.